The van der Waals surface area contributed by atoms with Crippen molar-refractivity contribution >= 4 is 27.4 Å². The monoisotopic (exact) mass is 394 g/mol. The number of carboxylic acid groups (broad SMARTS) is 1. The van der Waals surface area contributed by atoms with Crippen molar-refractivity contribution in [2.45, 2.75) is 5.37 Å². The second kappa shape index (κ2) is 6.60. The van der Waals surface area contributed by atoms with E-state index in [1.54, 1.807) is 30.6 Å². The van der Waals surface area contributed by atoms with Gasteiger partial charge in [0.15, 0.2) is 9.84 Å². The number of aromatic amines is 2. The summed E-state index contributed by atoms with van der Waals surface area (Å²) < 4.78 is 23.3. The SMILES string of the molecule is CS(=O)(=O)C(N)c1ccc(-c2cn[nH]c2-c2c[nH]c(C(=O)O)c2)cc1Cl. The van der Waals surface area contributed by atoms with Gasteiger partial charge in [-0.3, -0.25) is 5.10 Å². The maximum atomic E-state index is 11.6. The van der Waals surface area contributed by atoms with Gasteiger partial charge >= 0.3 is 5.97 Å². The fourth-order valence-corrected chi connectivity index (χ4v) is 3.57. The minimum atomic E-state index is -3.49. The van der Waals surface area contributed by atoms with E-state index in [4.69, 9.17) is 22.4 Å². The van der Waals surface area contributed by atoms with Crippen LogP contribution in [0.5, 0.6) is 0 Å². The molecule has 3 rings (SSSR count). The Morgan fingerprint density at radius 2 is 2.04 bits per heavy atom. The van der Waals surface area contributed by atoms with Gasteiger partial charge in [0.25, 0.3) is 0 Å². The Kier molecular flexibility index (Phi) is 4.61. The predicted octanol–water partition coefficient (Wildman–Crippen LogP) is 2.43. The Bertz CT molecular complexity index is 1090. The molecule has 3 aromatic rings. The largest absolute Gasteiger partial charge is 0.477 e. The highest BCUT2D eigenvalue weighted by atomic mass is 35.5. The van der Waals surface area contributed by atoms with Crippen molar-refractivity contribution in [2.24, 2.45) is 5.73 Å². The number of benzene rings is 1. The van der Waals surface area contributed by atoms with Crippen LogP contribution < -0.4 is 5.73 Å². The summed E-state index contributed by atoms with van der Waals surface area (Å²) >= 11 is 6.23. The smallest absolute Gasteiger partial charge is 0.352 e. The van der Waals surface area contributed by atoms with Gasteiger partial charge in [-0.25, -0.2) is 13.2 Å². The number of nitrogens with two attached hydrogens (primary N) is 1. The van der Waals surface area contributed by atoms with Gasteiger partial charge in [-0.05, 0) is 17.7 Å². The molecule has 0 saturated heterocycles. The van der Waals surface area contributed by atoms with Gasteiger partial charge in [0.05, 0.1) is 11.9 Å². The minimum absolute atomic E-state index is 0.0491. The van der Waals surface area contributed by atoms with Crippen molar-refractivity contribution in [2.75, 3.05) is 6.26 Å². The van der Waals surface area contributed by atoms with Gasteiger partial charge in [0.1, 0.15) is 11.1 Å². The average Bonchev–Trinajstić information content (AvgIpc) is 3.22. The summed E-state index contributed by atoms with van der Waals surface area (Å²) in [6.07, 6.45) is 4.17. The van der Waals surface area contributed by atoms with Crippen LogP contribution in [0.2, 0.25) is 5.02 Å². The number of aromatic nitrogens is 3. The molecule has 1 unspecified atom stereocenters. The molecule has 1 atom stereocenters. The number of nitrogens with zero attached hydrogens (tertiary/aromatic N) is 1. The average molecular weight is 395 g/mol. The minimum Gasteiger partial charge on any atom is -0.477 e. The van der Waals surface area contributed by atoms with E-state index in [0.717, 1.165) is 6.26 Å². The summed E-state index contributed by atoms with van der Waals surface area (Å²) in [6.45, 7) is 0. The van der Waals surface area contributed by atoms with E-state index in [1.807, 2.05) is 0 Å². The van der Waals surface area contributed by atoms with Crippen LogP contribution in [0.4, 0.5) is 0 Å². The highest BCUT2D eigenvalue weighted by Gasteiger charge is 2.21. The van der Waals surface area contributed by atoms with Gasteiger partial charge in [-0.1, -0.05) is 23.7 Å². The summed E-state index contributed by atoms with van der Waals surface area (Å²) in [5.41, 5.74) is 8.68. The molecule has 10 heteroatoms. The van der Waals surface area contributed by atoms with Crippen molar-refractivity contribution in [1.82, 2.24) is 15.2 Å². The molecule has 0 aliphatic rings. The first-order valence-electron chi connectivity index (χ1n) is 7.38. The van der Waals surface area contributed by atoms with Crippen LogP contribution in [0.3, 0.4) is 0 Å². The van der Waals surface area contributed by atoms with Crippen molar-refractivity contribution in [3.05, 3.63) is 52.9 Å². The Morgan fingerprint density at radius 1 is 1.31 bits per heavy atom. The van der Waals surface area contributed by atoms with Crippen molar-refractivity contribution in [1.29, 1.82) is 0 Å². The quantitative estimate of drug-likeness (QED) is 0.523. The van der Waals surface area contributed by atoms with Crippen LogP contribution >= 0.6 is 11.6 Å². The van der Waals surface area contributed by atoms with Crippen LogP contribution in [0.15, 0.2) is 36.7 Å². The lowest BCUT2D eigenvalue weighted by Crippen LogP contribution is -2.20. The number of carbonyl (C=O) groups is 1. The fraction of sp³-hybridized carbons (Fsp3) is 0.125. The highest BCUT2D eigenvalue weighted by molar-refractivity contribution is 7.90. The third-order valence-corrected chi connectivity index (χ3v) is 5.42. The van der Waals surface area contributed by atoms with Crippen LogP contribution in [0.25, 0.3) is 22.4 Å². The standard InChI is InChI=1S/C16H15ClN4O4S/c1-26(24,25)15(18)10-3-2-8(4-12(10)17)11-7-20-21-14(11)9-5-13(16(22)23)19-6-9/h2-7,15,19H,18H2,1H3,(H,20,21)(H,22,23). The third-order valence-electron chi connectivity index (χ3n) is 3.92. The molecule has 0 amide bonds. The lowest BCUT2D eigenvalue weighted by Gasteiger charge is -2.13. The second-order valence-corrected chi connectivity index (χ2v) is 8.33. The molecule has 5 N–H and O–H groups in total. The molecule has 0 radical (unpaired) electrons. The molecule has 8 nitrogen and oxygen atoms in total. The Labute approximate surface area is 153 Å². The van der Waals surface area contributed by atoms with E-state index in [-0.39, 0.29) is 10.7 Å². The first-order valence-corrected chi connectivity index (χ1v) is 9.71. The van der Waals surface area contributed by atoms with Gasteiger partial charge in [0.2, 0.25) is 0 Å². The fourth-order valence-electron chi connectivity index (χ4n) is 2.54. The topological polar surface area (TPSA) is 142 Å². The number of halogens is 1. The number of hydrogen-bond acceptors (Lipinski definition) is 5. The van der Waals surface area contributed by atoms with Crippen molar-refractivity contribution in [3.63, 3.8) is 0 Å². The molecule has 0 aliphatic heterocycles. The number of nitrogens with one attached hydrogen (secondary N) is 2. The molecular formula is C16H15ClN4O4S. The van der Waals surface area contributed by atoms with Gasteiger partial charge in [-0.15, -0.1) is 0 Å². The summed E-state index contributed by atoms with van der Waals surface area (Å²) in [7, 11) is -3.49. The summed E-state index contributed by atoms with van der Waals surface area (Å²) in [6, 6.07) is 6.32. The molecule has 0 saturated carbocycles. The molecule has 1 aromatic carbocycles. The van der Waals surface area contributed by atoms with Crippen molar-refractivity contribution < 1.29 is 18.3 Å². The number of H-pyrrole nitrogens is 2. The van der Waals surface area contributed by atoms with Gasteiger partial charge < -0.3 is 15.8 Å². The zero-order valence-corrected chi connectivity index (χ0v) is 15.1. The second-order valence-electron chi connectivity index (χ2n) is 5.75. The maximum absolute atomic E-state index is 11.6. The van der Waals surface area contributed by atoms with Crippen LogP contribution in [-0.2, 0) is 9.84 Å². The molecule has 136 valence electrons. The normalized spacial score (nSPS) is 12.9. The van der Waals surface area contributed by atoms with E-state index >= 15 is 0 Å². The first-order chi connectivity index (χ1) is 12.2. The van der Waals surface area contributed by atoms with Gasteiger partial charge in [-0.2, -0.15) is 5.10 Å². The molecule has 0 fully saturated rings. The van der Waals surface area contributed by atoms with E-state index in [1.165, 1.54) is 6.07 Å². The Hall–Kier alpha value is -2.62. The van der Waals surface area contributed by atoms with Crippen LogP contribution in [-0.4, -0.2) is 40.9 Å². The summed E-state index contributed by atoms with van der Waals surface area (Å²) in [5, 5.41) is 14.9. The number of hydrogen-bond donors (Lipinski definition) is 4. The number of aromatic carboxylic acids is 1. The number of sulfone groups is 1. The number of carboxylic acids is 1. The lowest BCUT2D eigenvalue weighted by molar-refractivity contribution is 0.0691. The van der Waals surface area contributed by atoms with Crippen molar-refractivity contribution in [3.8, 4) is 22.4 Å². The lowest BCUT2D eigenvalue weighted by atomic mass is 10.0. The predicted molar refractivity (Wildman–Crippen MR) is 97.6 cm³/mol. The molecule has 0 bridgehead atoms. The first kappa shape index (κ1) is 18.2. The molecule has 26 heavy (non-hydrogen) atoms. The summed E-state index contributed by atoms with van der Waals surface area (Å²) in [5.74, 6) is -1.07. The molecular weight excluding hydrogens is 380 g/mol. The third kappa shape index (κ3) is 3.36. The molecule has 0 aliphatic carbocycles. The zero-order chi connectivity index (χ0) is 19.1. The Balaban J connectivity index is 2.02. The maximum Gasteiger partial charge on any atom is 0.352 e. The van der Waals surface area contributed by atoms with E-state index in [2.05, 4.69) is 15.2 Å². The van der Waals surface area contributed by atoms with Gasteiger partial charge in [0, 0.05) is 34.2 Å². The highest BCUT2D eigenvalue weighted by Crippen LogP contribution is 2.34. The van der Waals surface area contributed by atoms with Crippen LogP contribution in [0.1, 0.15) is 21.4 Å². The zero-order valence-electron chi connectivity index (χ0n) is 13.5. The summed E-state index contributed by atoms with van der Waals surface area (Å²) in [4.78, 5) is 13.7. The molecule has 2 heterocycles. The molecule has 0 spiro atoms. The van der Waals surface area contributed by atoms with Crippen LogP contribution in [0, 0.1) is 0 Å². The number of rotatable bonds is 5. The van der Waals surface area contributed by atoms with E-state index in [9.17, 15) is 13.2 Å². The Morgan fingerprint density at radius 3 is 2.62 bits per heavy atom. The van der Waals surface area contributed by atoms with E-state index in [0.29, 0.717) is 27.9 Å². The van der Waals surface area contributed by atoms with E-state index < -0.39 is 21.2 Å². The molecule has 2 aromatic heterocycles.